The summed E-state index contributed by atoms with van der Waals surface area (Å²) < 4.78 is 25.2. The molecule has 0 atom stereocenters. The molecule has 12 heavy (non-hydrogen) atoms. The van der Waals surface area contributed by atoms with Crippen molar-refractivity contribution in [1.82, 2.24) is 4.98 Å². The summed E-state index contributed by atoms with van der Waals surface area (Å²) in [5.74, 6) is 0.0243. The van der Waals surface area contributed by atoms with Crippen LogP contribution in [0.4, 0.5) is 8.78 Å². The zero-order chi connectivity index (χ0) is 9.14. The molecule has 1 heterocycles. The normalized spacial score (nSPS) is 10.8. The van der Waals surface area contributed by atoms with E-state index in [4.69, 9.17) is 11.6 Å². The predicted octanol–water partition coefficient (Wildman–Crippen LogP) is 3.36. The van der Waals surface area contributed by atoms with E-state index in [1.807, 2.05) is 22.6 Å². The third kappa shape index (κ3) is 2.26. The van der Waals surface area contributed by atoms with Crippen LogP contribution in [-0.2, 0) is 5.88 Å². The third-order valence-electron chi connectivity index (χ3n) is 1.34. The van der Waals surface area contributed by atoms with Crippen LogP contribution in [0.3, 0.4) is 0 Å². The van der Waals surface area contributed by atoms with Gasteiger partial charge in [-0.25, -0.2) is 13.8 Å². The number of hydrogen-bond donors (Lipinski definition) is 0. The van der Waals surface area contributed by atoms with Crippen molar-refractivity contribution in [2.75, 3.05) is 0 Å². The highest BCUT2D eigenvalue weighted by atomic mass is 127. The number of alkyl halides is 3. The highest BCUT2D eigenvalue weighted by molar-refractivity contribution is 14.1. The van der Waals surface area contributed by atoms with Crippen LogP contribution in [-0.4, -0.2) is 4.98 Å². The lowest BCUT2D eigenvalue weighted by Crippen LogP contribution is -1.97. The molecule has 1 aromatic rings. The van der Waals surface area contributed by atoms with E-state index in [0.717, 1.165) is 0 Å². The maximum Gasteiger partial charge on any atom is 0.265 e. The van der Waals surface area contributed by atoms with Gasteiger partial charge in [-0.2, -0.15) is 0 Å². The number of aromatic nitrogens is 1. The van der Waals surface area contributed by atoms with Crippen molar-refractivity contribution in [2.24, 2.45) is 0 Å². The minimum Gasteiger partial charge on any atom is -0.245 e. The van der Waals surface area contributed by atoms with Gasteiger partial charge in [0.05, 0.1) is 11.6 Å². The summed E-state index contributed by atoms with van der Waals surface area (Å²) in [6.07, 6.45) is -2.50. The third-order valence-corrected chi connectivity index (χ3v) is 2.19. The van der Waals surface area contributed by atoms with E-state index in [9.17, 15) is 8.78 Å². The van der Waals surface area contributed by atoms with E-state index in [-0.39, 0.29) is 17.1 Å². The summed E-state index contributed by atoms with van der Waals surface area (Å²) in [6, 6.07) is 2.90. The topological polar surface area (TPSA) is 12.9 Å². The fourth-order valence-electron chi connectivity index (χ4n) is 0.791. The van der Waals surface area contributed by atoms with Crippen LogP contribution in [0.5, 0.6) is 0 Å². The summed E-state index contributed by atoms with van der Waals surface area (Å²) in [5.41, 5.74) is 0.184. The monoisotopic (exact) mass is 303 g/mol. The van der Waals surface area contributed by atoms with E-state index in [0.29, 0.717) is 3.70 Å². The van der Waals surface area contributed by atoms with Crippen LogP contribution >= 0.6 is 34.2 Å². The van der Waals surface area contributed by atoms with Gasteiger partial charge >= 0.3 is 0 Å². The summed E-state index contributed by atoms with van der Waals surface area (Å²) in [4.78, 5) is 3.89. The van der Waals surface area contributed by atoms with E-state index >= 15 is 0 Å². The Morgan fingerprint density at radius 1 is 1.50 bits per heavy atom. The second-order valence-corrected chi connectivity index (χ2v) is 3.48. The molecule has 0 unspecified atom stereocenters. The van der Waals surface area contributed by atoms with Gasteiger partial charge in [-0.15, -0.1) is 11.6 Å². The molecular weight excluding hydrogens is 298 g/mol. The van der Waals surface area contributed by atoms with Crippen molar-refractivity contribution >= 4 is 34.2 Å². The Morgan fingerprint density at radius 3 is 2.67 bits per heavy atom. The smallest absolute Gasteiger partial charge is 0.245 e. The van der Waals surface area contributed by atoms with Gasteiger partial charge in [0.25, 0.3) is 6.43 Å². The molecule has 5 heteroatoms. The fourth-order valence-corrected chi connectivity index (χ4v) is 1.48. The van der Waals surface area contributed by atoms with Gasteiger partial charge in [0.15, 0.2) is 0 Å². The maximum atomic E-state index is 12.2. The Bertz CT molecular complexity index is 280. The van der Waals surface area contributed by atoms with Crippen molar-refractivity contribution in [2.45, 2.75) is 12.3 Å². The largest absolute Gasteiger partial charge is 0.265 e. The minimum atomic E-state index is -2.50. The summed E-state index contributed by atoms with van der Waals surface area (Å²) >= 11 is 7.40. The lowest BCUT2D eigenvalue weighted by molar-refractivity contribution is 0.150. The van der Waals surface area contributed by atoms with Crippen molar-refractivity contribution in [1.29, 1.82) is 0 Å². The molecule has 66 valence electrons. The molecule has 0 radical (unpaired) electrons. The molecule has 1 rings (SSSR count). The van der Waals surface area contributed by atoms with Crippen LogP contribution in [0.1, 0.15) is 17.7 Å². The quantitative estimate of drug-likeness (QED) is 0.464. The number of halogens is 4. The number of rotatable bonds is 2. The van der Waals surface area contributed by atoms with Gasteiger partial charge in [0.1, 0.15) is 3.70 Å². The average molecular weight is 303 g/mol. The van der Waals surface area contributed by atoms with Crippen LogP contribution < -0.4 is 0 Å². The lowest BCUT2D eigenvalue weighted by Gasteiger charge is -2.04. The molecule has 0 amide bonds. The second kappa shape index (κ2) is 4.32. The molecule has 0 saturated heterocycles. The molecular formula is C7H5ClF2IN. The molecule has 0 aliphatic heterocycles. The van der Waals surface area contributed by atoms with Gasteiger partial charge in [-0.1, -0.05) is 0 Å². The first kappa shape index (κ1) is 10.1. The summed E-state index contributed by atoms with van der Waals surface area (Å²) in [7, 11) is 0. The zero-order valence-electron chi connectivity index (χ0n) is 5.90. The summed E-state index contributed by atoms with van der Waals surface area (Å²) in [5, 5.41) is 0. The molecule has 1 aromatic heterocycles. The van der Waals surface area contributed by atoms with E-state index in [2.05, 4.69) is 4.98 Å². The molecule has 0 aliphatic rings. The highest BCUT2D eigenvalue weighted by Crippen LogP contribution is 2.23. The molecule has 1 nitrogen and oxygen atoms in total. The van der Waals surface area contributed by atoms with Gasteiger partial charge in [0.2, 0.25) is 0 Å². The van der Waals surface area contributed by atoms with E-state index < -0.39 is 6.43 Å². The van der Waals surface area contributed by atoms with E-state index in [1.54, 1.807) is 0 Å². The van der Waals surface area contributed by atoms with Crippen molar-refractivity contribution in [3.8, 4) is 0 Å². The van der Waals surface area contributed by atoms with Crippen molar-refractivity contribution in [3.63, 3.8) is 0 Å². The first-order valence-corrected chi connectivity index (χ1v) is 4.76. The van der Waals surface area contributed by atoms with Crippen LogP contribution in [0, 0.1) is 3.70 Å². The predicted molar refractivity (Wildman–Crippen MR) is 51.5 cm³/mol. The van der Waals surface area contributed by atoms with Crippen LogP contribution in [0.25, 0.3) is 0 Å². The summed E-state index contributed by atoms with van der Waals surface area (Å²) in [6.45, 7) is 0. The molecule has 0 bridgehead atoms. The standard InChI is InChI=1S/C7H5ClF2IN/c8-3-5-4(7(9)10)1-2-6(11)12-5/h1-2,7H,3H2. The lowest BCUT2D eigenvalue weighted by atomic mass is 10.2. The zero-order valence-corrected chi connectivity index (χ0v) is 8.81. The fraction of sp³-hybridized carbons (Fsp3) is 0.286. The van der Waals surface area contributed by atoms with Crippen LogP contribution in [0.15, 0.2) is 12.1 Å². The average Bonchev–Trinajstić information content (AvgIpc) is 2.03. The first-order valence-electron chi connectivity index (χ1n) is 3.14. The first-order chi connectivity index (χ1) is 5.65. The SMILES string of the molecule is FC(F)c1ccc(I)nc1CCl. The Hall–Kier alpha value is 0.0300. The Kier molecular flexibility index (Phi) is 3.64. The molecule has 0 fully saturated rings. The molecule has 0 spiro atoms. The van der Waals surface area contributed by atoms with E-state index in [1.165, 1.54) is 12.1 Å². The van der Waals surface area contributed by atoms with Crippen molar-refractivity contribution in [3.05, 3.63) is 27.1 Å². The number of nitrogens with zero attached hydrogens (tertiary/aromatic N) is 1. The molecule has 0 aliphatic carbocycles. The Morgan fingerprint density at radius 2 is 2.17 bits per heavy atom. The van der Waals surface area contributed by atoms with Crippen LogP contribution in [0.2, 0.25) is 0 Å². The van der Waals surface area contributed by atoms with Gasteiger partial charge < -0.3 is 0 Å². The number of hydrogen-bond acceptors (Lipinski definition) is 1. The van der Waals surface area contributed by atoms with Crippen molar-refractivity contribution < 1.29 is 8.78 Å². The van der Waals surface area contributed by atoms with Gasteiger partial charge in [-0.05, 0) is 34.7 Å². The second-order valence-electron chi connectivity index (χ2n) is 2.10. The maximum absolute atomic E-state index is 12.2. The van der Waals surface area contributed by atoms with Gasteiger partial charge in [-0.3, -0.25) is 0 Å². The minimum absolute atomic E-state index is 0.0243. The Labute approximate surface area is 87.3 Å². The Balaban J connectivity index is 3.11. The molecule has 0 aromatic carbocycles. The molecule has 0 saturated carbocycles. The number of pyridine rings is 1. The van der Waals surface area contributed by atoms with Gasteiger partial charge in [0, 0.05) is 5.56 Å². The highest BCUT2D eigenvalue weighted by Gasteiger charge is 2.13. The molecule has 0 N–H and O–H groups in total.